The van der Waals surface area contributed by atoms with E-state index in [4.69, 9.17) is 4.74 Å². The van der Waals surface area contributed by atoms with Gasteiger partial charge in [0.25, 0.3) is 5.91 Å². The Morgan fingerprint density at radius 1 is 1.43 bits per heavy atom. The molecule has 23 heavy (non-hydrogen) atoms. The van der Waals surface area contributed by atoms with Gasteiger partial charge in [-0.3, -0.25) is 4.79 Å². The lowest BCUT2D eigenvalue weighted by molar-refractivity contribution is 0.0771. The second-order valence-electron chi connectivity index (χ2n) is 5.64. The number of hydrogen-bond acceptors (Lipinski definition) is 5. The van der Waals surface area contributed by atoms with Crippen LogP contribution in [0.15, 0.2) is 24.7 Å². The highest BCUT2D eigenvalue weighted by atomic mass is 16.5. The molecular formula is C16H21N5O2. The minimum Gasteiger partial charge on any atom is -0.370 e. The van der Waals surface area contributed by atoms with Crippen LogP contribution in [0.1, 0.15) is 41.6 Å². The van der Waals surface area contributed by atoms with E-state index in [2.05, 4.69) is 31.8 Å². The lowest BCUT2D eigenvalue weighted by Gasteiger charge is -2.19. The summed E-state index contributed by atoms with van der Waals surface area (Å²) in [5.74, 6) is 1.08. The summed E-state index contributed by atoms with van der Waals surface area (Å²) in [6.45, 7) is 5.97. The fourth-order valence-corrected chi connectivity index (χ4v) is 2.83. The van der Waals surface area contributed by atoms with E-state index in [1.807, 2.05) is 13.1 Å². The Morgan fingerprint density at radius 3 is 3.09 bits per heavy atom. The van der Waals surface area contributed by atoms with Gasteiger partial charge in [0, 0.05) is 49.9 Å². The van der Waals surface area contributed by atoms with Crippen LogP contribution in [0.3, 0.4) is 0 Å². The molecule has 7 nitrogen and oxygen atoms in total. The Hall–Kier alpha value is -2.28. The van der Waals surface area contributed by atoms with Crippen molar-refractivity contribution in [3.05, 3.63) is 42.0 Å². The van der Waals surface area contributed by atoms with Gasteiger partial charge < -0.3 is 14.6 Å². The zero-order chi connectivity index (χ0) is 16.2. The minimum absolute atomic E-state index is 0.0799. The van der Waals surface area contributed by atoms with E-state index in [9.17, 15) is 4.79 Å². The fraction of sp³-hybridized carbons (Fsp3) is 0.500. The molecule has 3 rings (SSSR count). The normalized spacial score (nSPS) is 20.6. The highest BCUT2D eigenvalue weighted by Gasteiger charge is 2.33. The number of rotatable bonds is 5. The van der Waals surface area contributed by atoms with Crippen LogP contribution in [0.4, 0.5) is 0 Å². The number of carbonyl (C=O) groups is 1. The van der Waals surface area contributed by atoms with Gasteiger partial charge in [0.05, 0.1) is 0 Å². The molecule has 0 aromatic carbocycles. The molecule has 122 valence electrons. The third kappa shape index (κ3) is 3.39. The number of amides is 1. The van der Waals surface area contributed by atoms with Crippen LogP contribution in [0, 0.1) is 12.8 Å². The highest BCUT2D eigenvalue weighted by molar-refractivity contribution is 5.90. The fourth-order valence-electron chi connectivity index (χ4n) is 2.83. The molecule has 0 saturated carbocycles. The lowest BCUT2D eigenvalue weighted by Crippen LogP contribution is -2.32. The smallest absolute Gasteiger partial charge is 0.289 e. The molecule has 7 heteroatoms. The average molecular weight is 315 g/mol. The van der Waals surface area contributed by atoms with Crippen molar-refractivity contribution in [3.8, 4) is 0 Å². The number of nitrogens with one attached hydrogen (secondary N) is 1. The highest BCUT2D eigenvalue weighted by Crippen LogP contribution is 2.33. The van der Waals surface area contributed by atoms with Crippen molar-refractivity contribution < 1.29 is 9.53 Å². The maximum absolute atomic E-state index is 12.2. The van der Waals surface area contributed by atoms with Gasteiger partial charge in [0.1, 0.15) is 11.9 Å². The largest absolute Gasteiger partial charge is 0.370 e. The van der Waals surface area contributed by atoms with Crippen LogP contribution in [-0.2, 0) is 11.3 Å². The summed E-state index contributed by atoms with van der Waals surface area (Å²) >= 11 is 0. The molecule has 2 aromatic rings. The summed E-state index contributed by atoms with van der Waals surface area (Å²) in [6.07, 6.45) is 6.15. The zero-order valence-electron chi connectivity index (χ0n) is 13.4. The van der Waals surface area contributed by atoms with Gasteiger partial charge in [-0.1, -0.05) is 0 Å². The van der Waals surface area contributed by atoms with Gasteiger partial charge in [-0.15, -0.1) is 0 Å². The van der Waals surface area contributed by atoms with E-state index < -0.39 is 0 Å². The Balaban J connectivity index is 1.64. The predicted octanol–water partition coefficient (Wildman–Crippen LogP) is 1.51. The minimum atomic E-state index is -0.252. The summed E-state index contributed by atoms with van der Waals surface area (Å²) < 4.78 is 7.92. The first-order valence-corrected chi connectivity index (χ1v) is 7.89. The van der Waals surface area contributed by atoms with Gasteiger partial charge in [-0.25, -0.2) is 15.0 Å². The van der Waals surface area contributed by atoms with Crippen molar-refractivity contribution in [1.82, 2.24) is 24.8 Å². The zero-order valence-corrected chi connectivity index (χ0v) is 13.4. The lowest BCUT2D eigenvalue weighted by atomic mass is 10.0. The first-order valence-electron chi connectivity index (χ1n) is 7.89. The molecule has 2 aromatic heterocycles. The van der Waals surface area contributed by atoms with Crippen molar-refractivity contribution in [2.75, 3.05) is 13.2 Å². The third-order valence-electron chi connectivity index (χ3n) is 4.08. The number of aromatic nitrogens is 4. The summed E-state index contributed by atoms with van der Waals surface area (Å²) in [6, 6.07) is 1.77. The number of aryl methyl sites for hydroxylation is 2. The van der Waals surface area contributed by atoms with Crippen molar-refractivity contribution in [2.24, 2.45) is 5.92 Å². The van der Waals surface area contributed by atoms with Crippen LogP contribution in [0.5, 0.6) is 0 Å². The summed E-state index contributed by atoms with van der Waals surface area (Å²) in [4.78, 5) is 24.7. The van der Waals surface area contributed by atoms with Crippen LogP contribution in [0.25, 0.3) is 0 Å². The van der Waals surface area contributed by atoms with Gasteiger partial charge in [0.15, 0.2) is 0 Å². The third-order valence-corrected chi connectivity index (χ3v) is 4.08. The van der Waals surface area contributed by atoms with Gasteiger partial charge in [0.2, 0.25) is 5.82 Å². The van der Waals surface area contributed by atoms with Gasteiger partial charge in [-0.2, -0.15) is 0 Å². The summed E-state index contributed by atoms with van der Waals surface area (Å²) in [7, 11) is 0. The average Bonchev–Trinajstić information content (AvgIpc) is 3.20. The van der Waals surface area contributed by atoms with E-state index in [0.29, 0.717) is 13.2 Å². The first kappa shape index (κ1) is 15.6. The molecule has 1 aliphatic rings. The monoisotopic (exact) mass is 315 g/mol. The number of carbonyl (C=O) groups excluding carboxylic acids is 1. The molecule has 0 radical (unpaired) electrons. The van der Waals surface area contributed by atoms with E-state index >= 15 is 0 Å². The van der Waals surface area contributed by atoms with Crippen molar-refractivity contribution in [3.63, 3.8) is 0 Å². The molecule has 1 saturated heterocycles. The van der Waals surface area contributed by atoms with Crippen LogP contribution in [-0.4, -0.2) is 38.6 Å². The molecular weight excluding hydrogens is 294 g/mol. The van der Waals surface area contributed by atoms with Crippen molar-refractivity contribution >= 4 is 5.91 Å². The topological polar surface area (TPSA) is 81.9 Å². The quantitative estimate of drug-likeness (QED) is 0.904. The summed E-state index contributed by atoms with van der Waals surface area (Å²) in [5, 5.41) is 2.92. The Morgan fingerprint density at radius 2 is 2.30 bits per heavy atom. The molecule has 1 amide bonds. The second-order valence-corrected chi connectivity index (χ2v) is 5.64. The summed E-state index contributed by atoms with van der Waals surface area (Å²) in [5.41, 5.74) is 0.775. The molecule has 0 unspecified atom stereocenters. The predicted molar refractivity (Wildman–Crippen MR) is 83.8 cm³/mol. The van der Waals surface area contributed by atoms with Crippen LogP contribution < -0.4 is 5.32 Å². The maximum atomic E-state index is 12.2. The Labute approximate surface area is 135 Å². The van der Waals surface area contributed by atoms with Gasteiger partial charge >= 0.3 is 0 Å². The number of nitrogens with zero attached hydrogens (tertiary/aromatic N) is 4. The van der Waals surface area contributed by atoms with E-state index in [1.54, 1.807) is 18.5 Å². The standard InChI is InChI=1S/C16H21N5O2/c1-3-21-8-7-18-15(21)13-12(5-9-23-13)10-19-16(22)14-17-6-4-11(2)20-14/h4,6-8,12-13H,3,5,9-10H2,1-2H3,(H,19,22)/t12-,13+/m0/s1. The SMILES string of the molecule is CCn1ccnc1[C@@H]1OCC[C@H]1CNC(=O)c1nccc(C)n1. The molecule has 0 bridgehead atoms. The van der Waals surface area contributed by atoms with Crippen LogP contribution in [0.2, 0.25) is 0 Å². The van der Waals surface area contributed by atoms with Crippen molar-refractivity contribution in [2.45, 2.75) is 32.9 Å². The van der Waals surface area contributed by atoms with Crippen molar-refractivity contribution in [1.29, 1.82) is 0 Å². The molecule has 3 heterocycles. The molecule has 1 fully saturated rings. The van der Waals surface area contributed by atoms with E-state index in [0.717, 1.165) is 24.5 Å². The van der Waals surface area contributed by atoms with E-state index in [1.165, 1.54) is 0 Å². The first-order chi connectivity index (χ1) is 11.2. The molecule has 0 spiro atoms. The van der Waals surface area contributed by atoms with E-state index in [-0.39, 0.29) is 23.8 Å². The number of imidazole rings is 1. The Kier molecular flexibility index (Phi) is 4.66. The molecule has 1 N–H and O–H groups in total. The Bertz CT molecular complexity index is 685. The second kappa shape index (κ2) is 6.87. The number of hydrogen-bond donors (Lipinski definition) is 1. The molecule has 1 aliphatic heterocycles. The molecule has 0 aliphatic carbocycles. The number of ether oxygens (including phenoxy) is 1. The van der Waals surface area contributed by atoms with Crippen LogP contribution >= 0.6 is 0 Å². The van der Waals surface area contributed by atoms with Gasteiger partial charge in [-0.05, 0) is 26.3 Å². The molecule has 2 atom stereocenters. The maximum Gasteiger partial charge on any atom is 0.289 e.